The van der Waals surface area contributed by atoms with Crippen molar-refractivity contribution in [3.8, 4) is 0 Å². The van der Waals surface area contributed by atoms with Crippen molar-refractivity contribution in [1.29, 1.82) is 0 Å². The summed E-state index contributed by atoms with van der Waals surface area (Å²) in [4.78, 5) is 37.9. The number of benzene rings is 2. The monoisotopic (exact) mass is 395 g/mol. The number of hydrogen-bond acceptors (Lipinski definition) is 5. The molecule has 152 valence electrons. The SMILES string of the molecule is CN(CCc1ccc([N+](=O)[O-])cc1)C(=O)C1CCN(c2ccc(C=O)cc2)CC1. The lowest BCUT2D eigenvalue weighted by Crippen LogP contribution is -2.41. The van der Waals surface area contributed by atoms with Crippen molar-refractivity contribution in [3.05, 3.63) is 69.8 Å². The van der Waals surface area contributed by atoms with Gasteiger partial charge in [0.25, 0.3) is 5.69 Å². The summed E-state index contributed by atoms with van der Waals surface area (Å²) < 4.78 is 0. The predicted octanol–water partition coefficient (Wildman–Crippen LogP) is 3.32. The van der Waals surface area contributed by atoms with Crippen LogP contribution in [0.4, 0.5) is 11.4 Å². The summed E-state index contributed by atoms with van der Waals surface area (Å²) in [5, 5.41) is 10.7. The molecule has 7 heteroatoms. The van der Waals surface area contributed by atoms with Crippen molar-refractivity contribution in [2.75, 3.05) is 31.6 Å². The maximum Gasteiger partial charge on any atom is 0.269 e. The smallest absolute Gasteiger partial charge is 0.269 e. The number of non-ortho nitro benzene ring substituents is 1. The molecule has 1 heterocycles. The number of nitrogens with zero attached hydrogens (tertiary/aromatic N) is 3. The molecule has 3 rings (SSSR count). The summed E-state index contributed by atoms with van der Waals surface area (Å²) in [5.41, 5.74) is 2.79. The Kier molecular flexibility index (Phi) is 6.59. The van der Waals surface area contributed by atoms with Gasteiger partial charge in [0.1, 0.15) is 6.29 Å². The minimum absolute atomic E-state index is 0.0161. The third-order valence-electron chi connectivity index (χ3n) is 5.50. The van der Waals surface area contributed by atoms with Crippen molar-refractivity contribution < 1.29 is 14.5 Å². The third kappa shape index (κ3) is 5.19. The molecule has 0 spiro atoms. The fourth-order valence-electron chi connectivity index (χ4n) is 3.65. The molecule has 1 saturated heterocycles. The van der Waals surface area contributed by atoms with Gasteiger partial charge in [0.15, 0.2) is 0 Å². The maximum absolute atomic E-state index is 12.8. The zero-order valence-electron chi connectivity index (χ0n) is 16.5. The molecule has 0 radical (unpaired) electrons. The van der Waals surface area contributed by atoms with Crippen LogP contribution in [0.25, 0.3) is 0 Å². The first kappa shape index (κ1) is 20.5. The van der Waals surface area contributed by atoms with E-state index in [2.05, 4.69) is 4.90 Å². The van der Waals surface area contributed by atoms with E-state index in [1.807, 2.05) is 31.3 Å². The molecule has 7 nitrogen and oxygen atoms in total. The van der Waals surface area contributed by atoms with E-state index < -0.39 is 4.92 Å². The average Bonchev–Trinajstić information content (AvgIpc) is 2.77. The van der Waals surface area contributed by atoms with Crippen molar-refractivity contribution in [3.63, 3.8) is 0 Å². The van der Waals surface area contributed by atoms with Gasteiger partial charge in [-0.25, -0.2) is 0 Å². The molecule has 0 aromatic heterocycles. The van der Waals surface area contributed by atoms with Crippen LogP contribution in [0.1, 0.15) is 28.8 Å². The molecule has 0 unspecified atom stereocenters. The first-order valence-corrected chi connectivity index (χ1v) is 9.76. The van der Waals surface area contributed by atoms with Gasteiger partial charge < -0.3 is 9.80 Å². The molecule has 2 aromatic carbocycles. The molecule has 0 saturated carbocycles. The second kappa shape index (κ2) is 9.32. The lowest BCUT2D eigenvalue weighted by Gasteiger charge is -2.34. The summed E-state index contributed by atoms with van der Waals surface area (Å²) in [7, 11) is 1.82. The van der Waals surface area contributed by atoms with Gasteiger partial charge in [0.2, 0.25) is 5.91 Å². The van der Waals surface area contributed by atoms with E-state index in [1.54, 1.807) is 17.0 Å². The maximum atomic E-state index is 12.8. The number of hydrogen-bond donors (Lipinski definition) is 0. The number of nitro groups is 1. The number of anilines is 1. The highest BCUT2D eigenvalue weighted by molar-refractivity contribution is 5.79. The minimum Gasteiger partial charge on any atom is -0.371 e. The summed E-state index contributed by atoms with van der Waals surface area (Å²) in [6.07, 6.45) is 3.11. The Bertz CT molecular complexity index is 857. The van der Waals surface area contributed by atoms with Crippen molar-refractivity contribution >= 4 is 23.6 Å². The zero-order chi connectivity index (χ0) is 20.8. The van der Waals surface area contributed by atoms with E-state index in [0.29, 0.717) is 18.5 Å². The lowest BCUT2D eigenvalue weighted by molar-refractivity contribution is -0.384. The highest BCUT2D eigenvalue weighted by atomic mass is 16.6. The van der Waals surface area contributed by atoms with Crippen LogP contribution in [0.5, 0.6) is 0 Å². The number of carbonyl (C=O) groups is 2. The van der Waals surface area contributed by atoms with Gasteiger partial charge in [-0.3, -0.25) is 19.7 Å². The van der Waals surface area contributed by atoms with Crippen LogP contribution in [0.2, 0.25) is 0 Å². The fraction of sp³-hybridized carbons (Fsp3) is 0.364. The van der Waals surface area contributed by atoms with E-state index in [4.69, 9.17) is 0 Å². The van der Waals surface area contributed by atoms with Gasteiger partial charge in [0.05, 0.1) is 4.92 Å². The number of nitro benzene ring substituents is 1. The van der Waals surface area contributed by atoms with Crippen LogP contribution in [-0.2, 0) is 11.2 Å². The molecule has 1 amide bonds. The molecule has 1 fully saturated rings. The second-order valence-electron chi connectivity index (χ2n) is 7.40. The Morgan fingerprint density at radius 1 is 1.14 bits per heavy atom. The largest absolute Gasteiger partial charge is 0.371 e. The van der Waals surface area contributed by atoms with Crippen molar-refractivity contribution in [2.24, 2.45) is 5.92 Å². The fourth-order valence-corrected chi connectivity index (χ4v) is 3.65. The van der Waals surface area contributed by atoms with Gasteiger partial charge in [-0.1, -0.05) is 12.1 Å². The van der Waals surface area contributed by atoms with Crippen molar-refractivity contribution in [1.82, 2.24) is 4.90 Å². The number of aldehydes is 1. The van der Waals surface area contributed by atoms with Crippen LogP contribution in [0.15, 0.2) is 48.5 Å². The molecule has 0 atom stereocenters. The average molecular weight is 395 g/mol. The van der Waals surface area contributed by atoms with E-state index in [0.717, 1.165) is 43.5 Å². The van der Waals surface area contributed by atoms with E-state index in [-0.39, 0.29) is 17.5 Å². The molecule has 2 aromatic rings. The zero-order valence-corrected chi connectivity index (χ0v) is 16.5. The number of rotatable bonds is 7. The van der Waals surface area contributed by atoms with Crippen LogP contribution >= 0.6 is 0 Å². The van der Waals surface area contributed by atoms with Gasteiger partial charge in [-0.2, -0.15) is 0 Å². The molecular weight excluding hydrogens is 370 g/mol. The Morgan fingerprint density at radius 3 is 2.31 bits per heavy atom. The quantitative estimate of drug-likeness (QED) is 0.408. The molecule has 0 N–H and O–H groups in total. The first-order chi connectivity index (χ1) is 14.0. The standard InChI is InChI=1S/C22H25N3O4/c1-23(13-10-17-2-8-21(9-3-17)25(28)29)22(27)19-11-14-24(15-12-19)20-6-4-18(16-26)5-7-20/h2-9,16,19H,10-15H2,1H3. The Hall–Kier alpha value is -3.22. The third-order valence-corrected chi connectivity index (χ3v) is 5.50. The van der Waals surface area contributed by atoms with Gasteiger partial charge in [-0.05, 0) is 49.1 Å². The van der Waals surface area contributed by atoms with E-state index >= 15 is 0 Å². The highest BCUT2D eigenvalue weighted by Crippen LogP contribution is 2.25. The predicted molar refractivity (Wildman–Crippen MR) is 111 cm³/mol. The van der Waals surface area contributed by atoms with Gasteiger partial charge >= 0.3 is 0 Å². The van der Waals surface area contributed by atoms with E-state index in [1.165, 1.54) is 12.1 Å². The van der Waals surface area contributed by atoms with Crippen LogP contribution in [0.3, 0.4) is 0 Å². The second-order valence-corrected chi connectivity index (χ2v) is 7.40. The van der Waals surface area contributed by atoms with Crippen LogP contribution in [0, 0.1) is 16.0 Å². The Morgan fingerprint density at radius 2 is 1.76 bits per heavy atom. The topological polar surface area (TPSA) is 83.8 Å². The molecule has 0 aliphatic carbocycles. The number of amides is 1. The number of likely N-dealkylation sites (N-methyl/N-ethyl adjacent to an activating group) is 1. The lowest BCUT2D eigenvalue weighted by atomic mass is 9.94. The van der Waals surface area contributed by atoms with Gasteiger partial charge in [0, 0.05) is 56.0 Å². The Balaban J connectivity index is 1.47. The number of piperidine rings is 1. The molecule has 0 bridgehead atoms. The number of carbonyl (C=O) groups excluding carboxylic acids is 2. The molecule has 29 heavy (non-hydrogen) atoms. The summed E-state index contributed by atoms with van der Waals surface area (Å²) >= 11 is 0. The first-order valence-electron chi connectivity index (χ1n) is 9.76. The molecule has 1 aliphatic heterocycles. The highest BCUT2D eigenvalue weighted by Gasteiger charge is 2.27. The van der Waals surface area contributed by atoms with Crippen LogP contribution < -0.4 is 4.90 Å². The minimum atomic E-state index is -0.414. The Labute approximate surface area is 170 Å². The summed E-state index contributed by atoms with van der Waals surface area (Å²) in [6, 6.07) is 14.0. The summed E-state index contributed by atoms with van der Waals surface area (Å²) in [6.45, 7) is 2.21. The van der Waals surface area contributed by atoms with Gasteiger partial charge in [-0.15, -0.1) is 0 Å². The normalized spacial score (nSPS) is 14.4. The van der Waals surface area contributed by atoms with Crippen LogP contribution in [-0.4, -0.2) is 48.7 Å². The summed E-state index contributed by atoms with van der Waals surface area (Å²) in [5.74, 6) is 0.172. The van der Waals surface area contributed by atoms with E-state index in [9.17, 15) is 19.7 Å². The molecule has 1 aliphatic rings. The molecular formula is C22H25N3O4. The van der Waals surface area contributed by atoms with Crippen molar-refractivity contribution in [2.45, 2.75) is 19.3 Å².